The summed E-state index contributed by atoms with van der Waals surface area (Å²) in [6.07, 6.45) is 2.78. The Hall–Kier alpha value is -2.52. The average molecular weight is 407 g/mol. The van der Waals surface area contributed by atoms with Gasteiger partial charge < -0.3 is 9.47 Å². The summed E-state index contributed by atoms with van der Waals surface area (Å²) in [4.78, 5) is 25.9. The molecule has 0 aliphatic carbocycles. The summed E-state index contributed by atoms with van der Waals surface area (Å²) in [7, 11) is -2.33. The van der Waals surface area contributed by atoms with Crippen LogP contribution in [-0.4, -0.2) is 43.4 Å². The third kappa shape index (κ3) is 4.31. The normalized spacial score (nSPS) is 15.6. The van der Waals surface area contributed by atoms with Crippen LogP contribution in [0.15, 0.2) is 52.3 Å². The molecule has 1 fully saturated rings. The van der Waals surface area contributed by atoms with Crippen molar-refractivity contribution < 1.29 is 17.6 Å². The number of piperidine rings is 1. The molecule has 1 aromatic heterocycles. The fourth-order valence-corrected chi connectivity index (χ4v) is 4.43. The molecular formula is C19H22FN3O4S. The van der Waals surface area contributed by atoms with Crippen molar-refractivity contribution in [3.8, 4) is 0 Å². The number of carbonyl (C=O) groups excluding carboxylic acids is 1. The quantitative estimate of drug-likeness (QED) is 0.811. The van der Waals surface area contributed by atoms with Gasteiger partial charge in [-0.15, -0.1) is 0 Å². The van der Waals surface area contributed by atoms with Gasteiger partial charge in [0.25, 0.3) is 11.5 Å². The van der Waals surface area contributed by atoms with E-state index < -0.39 is 15.8 Å². The lowest BCUT2D eigenvalue weighted by Gasteiger charge is -2.32. The van der Waals surface area contributed by atoms with Crippen molar-refractivity contribution in [1.29, 1.82) is 0 Å². The predicted molar refractivity (Wildman–Crippen MR) is 102 cm³/mol. The van der Waals surface area contributed by atoms with E-state index in [0.29, 0.717) is 25.9 Å². The molecule has 0 bridgehead atoms. The van der Waals surface area contributed by atoms with Crippen molar-refractivity contribution >= 4 is 15.9 Å². The van der Waals surface area contributed by atoms with Gasteiger partial charge >= 0.3 is 0 Å². The maximum atomic E-state index is 13.7. The van der Waals surface area contributed by atoms with Crippen molar-refractivity contribution in [2.75, 3.05) is 19.6 Å². The standard InChI is InChI=1S/C19H22FN3O4S/c1-22-10-4-5-15(18(22)24)19(25)23-11-8-14(9-12-23)13-21-28(26,27)17-7-3-2-6-16(17)20/h2-7,10,14,21H,8-9,11-13H2,1H3. The molecular weight excluding hydrogens is 385 g/mol. The van der Waals surface area contributed by atoms with Gasteiger partial charge in [0.2, 0.25) is 10.0 Å². The first-order valence-electron chi connectivity index (χ1n) is 8.98. The Labute approximate surface area is 162 Å². The fraction of sp³-hybridized carbons (Fsp3) is 0.368. The van der Waals surface area contributed by atoms with Gasteiger partial charge in [0.05, 0.1) is 0 Å². The zero-order chi connectivity index (χ0) is 20.3. The van der Waals surface area contributed by atoms with Crippen molar-refractivity contribution in [3.63, 3.8) is 0 Å². The van der Waals surface area contributed by atoms with Crippen molar-refractivity contribution in [2.24, 2.45) is 13.0 Å². The predicted octanol–water partition coefficient (Wildman–Crippen LogP) is 1.36. The number of likely N-dealkylation sites (tertiary alicyclic amines) is 1. The van der Waals surface area contributed by atoms with Crippen LogP contribution in [-0.2, 0) is 17.1 Å². The highest BCUT2D eigenvalue weighted by molar-refractivity contribution is 7.89. The van der Waals surface area contributed by atoms with Gasteiger partial charge in [0.15, 0.2) is 0 Å². The van der Waals surface area contributed by atoms with Crippen molar-refractivity contribution in [2.45, 2.75) is 17.7 Å². The smallest absolute Gasteiger partial charge is 0.263 e. The maximum Gasteiger partial charge on any atom is 0.263 e. The number of aromatic nitrogens is 1. The van der Waals surface area contributed by atoms with Gasteiger partial charge in [-0.3, -0.25) is 9.59 Å². The number of hydrogen-bond donors (Lipinski definition) is 1. The molecule has 1 amide bonds. The highest BCUT2D eigenvalue weighted by atomic mass is 32.2. The van der Waals surface area contributed by atoms with Gasteiger partial charge in [-0.1, -0.05) is 12.1 Å². The van der Waals surface area contributed by atoms with Gasteiger partial charge in [-0.2, -0.15) is 0 Å². The molecule has 1 saturated heterocycles. The summed E-state index contributed by atoms with van der Waals surface area (Å²) in [6, 6.07) is 8.39. The van der Waals surface area contributed by atoms with E-state index in [1.54, 1.807) is 24.2 Å². The van der Waals surface area contributed by atoms with Gasteiger partial charge in [-0.25, -0.2) is 17.5 Å². The molecule has 1 aromatic carbocycles. The topological polar surface area (TPSA) is 88.5 Å². The van der Waals surface area contributed by atoms with E-state index in [1.807, 2.05) is 0 Å². The molecule has 3 rings (SSSR count). The third-order valence-corrected chi connectivity index (χ3v) is 6.40. The number of carbonyl (C=O) groups is 1. The van der Waals surface area contributed by atoms with E-state index in [0.717, 1.165) is 6.07 Å². The van der Waals surface area contributed by atoms with Crippen LogP contribution in [0, 0.1) is 11.7 Å². The Balaban J connectivity index is 1.57. The van der Waals surface area contributed by atoms with E-state index in [-0.39, 0.29) is 34.4 Å². The molecule has 7 nitrogen and oxygen atoms in total. The number of amides is 1. The molecule has 2 heterocycles. The van der Waals surface area contributed by atoms with Crippen LogP contribution in [0.2, 0.25) is 0 Å². The highest BCUT2D eigenvalue weighted by Gasteiger charge is 2.27. The number of benzene rings is 1. The summed E-state index contributed by atoms with van der Waals surface area (Å²) in [5, 5.41) is 0. The zero-order valence-corrected chi connectivity index (χ0v) is 16.3. The van der Waals surface area contributed by atoms with Crippen LogP contribution in [0.1, 0.15) is 23.2 Å². The molecule has 0 unspecified atom stereocenters. The number of sulfonamides is 1. The molecule has 0 radical (unpaired) electrons. The third-order valence-electron chi connectivity index (χ3n) is 4.94. The molecule has 1 aliphatic heterocycles. The Morgan fingerprint density at radius 3 is 2.54 bits per heavy atom. The largest absolute Gasteiger partial charge is 0.338 e. The van der Waals surface area contributed by atoms with Gasteiger partial charge in [0, 0.05) is 32.9 Å². The minimum Gasteiger partial charge on any atom is -0.338 e. The van der Waals surface area contributed by atoms with Crippen molar-refractivity contribution in [3.05, 3.63) is 64.3 Å². The number of pyridine rings is 1. The van der Waals surface area contributed by atoms with E-state index in [1.165, 1.54) is 28.8 Å². The lowest BCUT2D eigenvalue weighted by molar-refractivity contribution is 0.0689. The number of hydrogen-bond acceptors (Lipinski definition) is 4. The molecule has 9 heteroatoms. The minimum atomic E-state index is -3.92. The van der Waals surface area contributed by atoms with Gasteiger partial charge in [-0.05, 0) is 43.0 Å². The SMILES string of the molecule is Cn1cccc(C(=O)N2CCC(CNS(=O)(=O)c3ccccc3F)CC2)c1=O. The number of aryl methyl sites for hydroxylation is 1. The monoisotopic (exact) mass is 407 g/mol. The molecule has 1 aliphatic rings. The van der Waals surface area contributed by atoms with Crippen LogP contribution in [0.3, 0.4) is 0 Å². The first-order valence-corrected chi connectivity index (χ1v) is 10.5. The number of halogens is 1. The van der Waals surface area contributed by atoms with Gasteiger partial charge in [0.1, 0.15) is 16.3 Å². The molecule has 150 valence electrons. The highest BCUT2D eigenvalue weighted by Crippen LogP contribution is 2.19. The summed E-state index contributed by atoms with van der Waals surface area (Å²) < 4.78 is 42.1. The lowest BCUT2D eigenvalue weighted by Crippen LogP contribution is -2.43. The Bertz CT molecular complexity index is 1030. The van der Waals surface area contributed by atoms with Crippen LogP contribution in [0.4, 0.5) is 4.39 Å². The summed E-state index contributed by atoms with van der Waals surface area (Å²) in [5.41, 5.74) is -0.212. The van der Waals surface area contributed by atoms with E-state index in [4.69, 9.17) is 0 Å². The molecule has 28 heavy (non-hydrogen) atoms. The fourth-order valence-electron chi connectivity index (χ4n) is 3.24. The second-order valence-electron chi connectivity index (χ2n) is 6.86. The molecule has 0 spiro atoms. The van der Waals surface area contributed by atoms with Crippen LogP contribution >= 0.6 is 0 Å². The maximum absolute atomic E-state index is 13.7. The van der Waals surface area contributed by atoms with Crippen LogP contribution in [0.25, 0.3) is 0 Å². The summed E-state index contributed by atoms with van der Waals surface area (Å²) >= 11 is 0. The van der Waals surface area contributed by atoms with E-state index in [2.05, 4.69) is 4.72 Å². The second kappa shape index (κ2) is 8.24. The molecule has 0 saturated carbocycles. The van der Waals surface area contributed by atoms with E-state index >= 15 is 0 Å². The van der Waals surface area contributed by atoms with E-state index in [9.17, 15) is 22.4 Å². The second-order valence-corrected chi connectivity index (χ2v) is 8.59. The number of rotatable bonds is 5. The minimum absolute atomic E-state index is 0.0317. The number of nitrogens with one attached hydrogen (secondary N) is 1. The Morgan fingerprint density at radius 2 is 1.86 bits per heavy atom. The molecule has 0 atom stereocenters. The first-order chi connectivity index (χ1) is 13.3. The first kappa shape index (κ1) is 20.2. The Morgan fingerprint density at radius 1 is 1.18 bits per heavy atom. The number of nitrogens with zero attached hydrogens (tertiary/aromatic N) is 2. The summed E-state index contributed by atoms with van der Waals surface area (Å²) in [6.45, 7) is 1.04. The Kier molecular flexibility index (Phi) is 5.95. The molecule has 2 aromatic rings. The van der Waals surface area contributed by atoms with Crippen molar-refractivity contribution in [1.82, 2.24) is 14.2 Å². The van der Waals surface area contributed by atoms with Crippen LogP contribution in [0.5, 0.6) is 0 Å². The van der Waals surface area contributed by atoms with Crippen LogP contribution < -0.4 is 10.3 Å². The zero-order valence-electron chi connectivity index (χ0n) is 15.5. The average Bonchev–Trinajstić information content (AvgIpc) is 2.69. The molecule has 1 N–H and O–H groups in total. The lowest BCUT2D eigenvalue weighted by atomic mass is 9.97. The summed E-state index contributed by atoms with van der Waals surface area (Å²) in [5.74, 6) is -1.07.